The van der Waals surface area contributed by atoms with Crippen LogP contribution in [0.15, 0.2) is 48.2 Å². The molecule has 0 saturated carbocycles. The summed E-state index contributed by atoms with van der Waals surface area (Å²) in [6.07, 6.45) is -3.70. The van der Waals surface area contributed by atoms with Gasteiger partial charge < -0.3 is 10.6 Å². The summed E-state index contributed by atoms with van der Waals surface area (Å²) >= 11 is 5.65. The smallest absolute Gasteiger partial charge is 0.360 e. The molecule has 0 spiro atoms. The van der Waals surface area contributed by atoms with Crippen LogP contribution in [0.1, 0.15) is 36.5 Å². The molecule has 2 aromatic carbocycles. The van der Waals surface area contributed by atoms with Gasteiger partial charge in [-0.1, -0.05) is 43.6 Å². The molecule has 0 heterocycles. The van der Waals surface area contributed by atoms with Crippen LogP contribution in [0.4, 0.5) is 24.5 Å². The molecule has 0 bridgehead atoms. The molecule has 4 nitrogen and oxygen atoms in total. The zero-order chi connectivity index (χ0) is 21.8. The van der Waals surface area contributed by atoms with Crippen molar-refractivity contribution in [2.24, 2.45) is 0 Å². The summed E-state index contributed by atoms with van der Waals surface area (Å²) < 4.78 is 39.5. The molecule has 2 rings (SSSR count). The van der Waals surface area contributed by atoms with Crippen LogP contribution in [-0.2, 0) is 11.0 Å². The molecule has 2 aromatic rings. The third kappa shape index (κ3) is 5.52. The molecule has 0 atom stereocenters. The number of benzene rings is 2. The number of hydrogen-bond acceptors (Lipinski definition) is 3. The van der Waals surface area contributed by atoms with Gasteiger partial charge in [0, 0.05) is 16.9 Å². The van der Waals surface area contributed by atoms with Crippen molar-refractivity contribution >= 4 is 28.9 Å². The van der Waals surface area contributed by atoms with Crippen LogP contribution in [0.5, 0.6) is 0 Å². The summed E-state index contributed by atoms with van der Waals surface area (Å²) in [6, 6.07) is 10.4. The highest BCUT2D eigenvalue weighted by Gasteiger charge is 2.33. The molecule has 1 amide bonds. The van der Waals surface area contributed by atoms with Crippen LogP contribution in [0.3, 0.4) is 0 Å². The Morgan fingerprint density at radius 1 is 1.24 bits per heavy atom. The number of alkyl halides is 3. The minimum absolute atomic E-state index is 0.0779. The van der Waals surface area contributed by atoms with E-state index in [1.165, 1.54) is 6.07 Å². The Labute approximate surface area is 172 Å². The fourth-order valence-electron chi connectivity index (χ4n) is 2.70. The van der Waals surface area contributed by atoms with Gasteiger partial charge in [0.05, 0.1) is 11.3 Å². The van der Waals surface area contributed by atoms with Gasteiger partial charge in [0.15, 0.2) is 0 Å². The topological polar surface area (TPSA) is 64.9 Å². The molecule has 29 heavy (non-hydrogen) atoms. The van der Waals surface area contributed by atoms with Crippen LogP contribution < -0.4 is 10.6 Å². The van der Waals surface area contributed by atoms with Crippen molar-refractivity contribution in [3.63, 3.8) is 0 Å². The number of amides is 1. The molecule has 0 fully saturated rings. The van der Waals surface area contributed by atoms with Crippen molar-refractivity contribution < 1.29 is 18.0 Å². The molecule has 0 aromatic heterocycles. The Kier molecular flexibility index (Phi) is 6.93. The Balaban J connectivity index is 2.31. The number of carbonyl (C=O) groups excluding carboxylic acids is 1. The Morgan fingerprint density at radius 3 is 2.52 bits per heavy atom. The second-order valence-corrected chi connectivity index (χ2v) is 7.09. The van der Waals surface area contributed by atoms with E-state index in [0.717, 1.165) is 29.5 Å². The lowest BCUT2D eigenvalue weighted by molar-refractivity contribution is -0.136. The number of anilines is 2. The van der Waals surface area contributed by atoms with E-state index in [-0.39, 0.29) is 22.2 Å². The van der Waals surface area contributed by atoms with Crippen molar-refractivity contribution in [1.82, 2.24) is 0 Å². The maximum Gasteiger partial charge on any atom is 0.418 e. The van der Waals surface area contributed by atoms with E-state index < -0.39 is 17.6 Å². The highest BCUT2D eigenvalue weighted by molar-refractivity contribution is 6.30. The highest BCUT2D eigenvalue weighted by atomic mass is 35.5. The first kappa shape index (κ1) is 22.3. The maximum atomic E-state index is 13.2. The van der Waals surface area contributed by atoms with E-state index in [2.05, 4.69) is 10.6 Å². The van der Waals surface area contributed by atoms with Crippen LogP contribution in [-0.4, -0.2) is 5.91 Å². The quantitative estimate of drug-likeness (QED) is 0.443. The van der Waals surface area contributed by atoms with E-state index in [1.54, 1.807) is 6.07 Å². The molecular weight excluding hydrogens is 403 g/mol. The van der Waals surface area contributed by atoms with Gasteiger partial charge in [-0.2, -0.15) is 18.4 Å². The summed E-state index contributed by atoms with van der Waals surface area (Å²) in [6.45, 7) is 5.75. The van der Waals surface area contributed by atoms with Gasteiger partial charge in [0.2, 0.25) is 0 Å². The standard InChI is InChI=1S/C21H19ClF3N3O/c1-12(2)16-6-4-5-13(3)19(16)28-20(29)14(10-26)11-27-18-8-7-15(22)9-17(18)21(23,24)25/h4-9,11-12,27H,1-3H3,(H,28,29)/b14-11-. The Morgan fingerprint density at radius 2 is 1.93 bits per heavy atom. The Bertz CT molecular complexity index is 992. The van der Waals surface area contributed by atoms with Gasteiger partial charge in [-0.3, -0.25) is 4.79 Å². The molecule has 2 N–H and O–H groups in total. The molecule has 0 aliphatic carbocycles. The average molecular weight is 422 g/mol. The minimum atomic E-state index is -4.65. The average Bonchev–Trinajstić information content (AvgIpc) is 2.63. The molecule has 0 aliphatic heterocycles. The molecule has 152 valence electrons. The van der Waals surface area contributed by atoms with Crippen LogP contribution >= 0.6 is 11.6 Å². The van der Waals surface area contributed by atoms with Gasteiger partial charge in [-0.25, -0.2) is 0 Å². The number of nitrogens with zero attached hydrogens (tertiary/aromatic N) is 1. The molecule has 8 heteroatoms. The number of nitrogens with one attached hydrogen (secondary N) is 2. The zero-order valence-electron chi connectivity index (χ0n) is 16.0. The highest BCUT2D eigenvalue weighted by Crippen LogP contribution is 2.36. The number of aryl methyl sites for hydroxylation is 1. The Hall–Kier alpha value is -2.98. The fraction of sp³-hybridized carbons (Fsp3) is 0.238. The summed E-state index contributed by atoms with van der Waals surface area (Å²) in [5, 5.41) is 14.3. The van der Waals surface area contributed by atoms with Crippen molar-refractivity contribution in [3.8, 4) is 6.07 Å². The third-order valence-corrected chi connectivity index (χ3v) is 4.42. The molecule has 0 unspecified atom stereocenters. The second-order valence-electron chi connectivity index (χ2n) is 6.65. The lowest BCUT2D eigenvalue weighted by atomic mass is 9.98. The van der Waals surface area contributed by atoms with E-state index in [0.29, 0.717) is 5.69 Å². The molecule has 0 saturated heterocycles. The maximum absolute atomic E-state index is 13.2. The van der Waals surface area contributed by atoms with E-state index in [4.69, 9.17) is 11.6 Å². The van der Waals surface area contributed by atoms with Crippen molar-refractivity contribution in [2.75, 3.05) is 10.6 Å². The lowest BCUT2D eigenvalue weighted by Gasteiger charge is -2.16. The molecule has 0 radical (unpaired) electrons. The monoisotopic (exact) mass is 421 g/mol. The lowest BCUT2D eigenvalue weighted by Crippen LogP contribution is -2.17. The largest absolute Gasteiger partial charge is 0.418 e. The number of carbonyl (C=O) groups is 1. The third-order valence-electron chi connectivity index (χ3n) is 4.19. The predicted octanol–water partition coefficient (Wildman–Crippen LogP) is 6.25. The van der Waals surface area contributed by atoms with Crippen molar-refractivity contribution in [1.29, 1.82) is 5.26 Å². The number of hydrogen-bond donors (Lipinski definition) is 2. The number of rotatable bonds is 5. The number of nitriles is 1. The SMILES string of the molecule is Cc1cccc(C(C)C)c1NC(=O)/C(C#N)=C\Nc1ccc(Cl)cc1C(F)(F)F. The van der Waals surface area contributed by atoms with E-state index in [1.807, 2.05) is 39.0 Å². The summed E-state index contributed by atoms with van der Waals surface area (Å²) in [5.74, 6) is -0.597. The normalized spacial score (nSPS) is 11.9. The summed E-state index contributed by atoms with van der Waals surface area (Å²) in [4.78, 5) is 12.5. The fourth-order valence-corrected chi connectivity index (χ4v) is 2.87. The first-order valence-corrected chi connectivity index (χ1v) is 9.06. The zero-order valence-corrected chi connectivity index (χ0v) is 16.7. The van der Waals surface area contributed by atoms with Crippen molar-refractivity contribution in [2.45, 2.75) is 32.9 Å². The number of para-hydroxylation sites is 1. The molecular formula is C21H19ClF3N3O. The first-order chi connectivity index (χ1) is 13.5. The number of halogens is 4. The summed E-state index contributed by atoms with van der Waals surface area (Å²) in [7, 11) is 0. The van der Waals surface area contributed by atoms with E-state index in [9.17, 15) is 23.2 Å². The van der Waals surface area contributed by atoms with Crippen LogP contribution in [0.2, 0.25) is 5.02 Å². The van der Waals surface area contributed by atoms with E-state index >= 15 is 0 Å². The van der Waals surface area contributed by atoms with Crippen LogP contribution in [0.25, 0.3) is 0 Å². The van der Waals surface area contributed by atoms with Gasteiger partial charge in [-0.05, 0) is 42.2 Å². The van der Waals surface area contributed by atoms with Gasteiger partial charge in [0.25, 0.3) is 5.91 Å². The first-order valence-electron chi connectivity index (χ1n) is 8.69. The van der Waals surface area contributed by atoms with Crippen molar-refractivity contribution in [3.05, 3.63) is 69.9 Å². The molecule has 0 aliphatic rings. The predicted molar refractivity (Wildman–Crippen MR) is 108 cm³/mol. The van der Waals surface area contributed by atoms with Crippen LogP contribution in [0, 0.1) is 18.3 Å². The van der Waals surface area contributed by atoms with Gasteiger partial charge in [-0.15, -0.1) is 0 Å². The summed E-state index contributed by atoms with van der Waals surface area (Å²) in [5.41, 5.74) is 0.593. The van der Waals surface area contributed by atoms with Gasteiger partial charge >= 0.3 is 6.18 Å². The second kappa shape index (κ2) is 9.01. The van der Waals surface area contributed by atoms with Gasteiger partial charge in [0.1, 0.15) is 11.6 Å². The minimum Gasteiger partial charge on any atom is -0.360 e.